The molecule has 7 nitrogen and oxygen atoms in total. The lowest BCUT2D eigenvalue weighted by atomic mass is 10.2. The zero-order chi connectivity index (χ0) is 21.5. The van der Waals surface area contributed by atoms with E-state index in [0.717, 1.165) is 22.2 Å². The molecule has 30 heavy (non-hydrogen) atoms. The minimum Gasteiger partial charge on any atom is -0.494 e. The van der Waals surface area contributed by atoms with E-state index in [2.05, 4.69) is 39.5 Å². The third-order valence-corrected chi connectivity index (χ3v) is 4.86. The number of hydrogen-bond donors (Lipinski definition) is 1. The number of methoxy groups -OCH3 is 1. The maximum atomic E-state index is 12.0. The van der Waals surface area contributed by atoms with Crippen LogP contribution in [-0.2, 0) is 4.74 Å². The number of aliphatic imine (C=N–C) groups is 1. The SMILES string of the molecule is CCCCOc1ccc(-c2nc(C=Nc3ccc(I)cc3C(=O)OC)c(O)o2)cc1. The molecule has 0 saturated heterocycles. The second kappa shape index (κ2) is 10.2. The first-order chi connectivity index (χ1) is 14.5. The molecule has 0 radical (unpaired) electrons. The van der Waals surface area contributed by atoms with E-state index >= 15 is 0 Å². The lowest BCUT2D eigenvalue weighted by Crippen LogP contribution is -2.02. The fraction of sp³-hybridized carbons (Fsp3) is 0.227. The number of carbonyl (C=O) groups is 1. The topological polar surface area (TPSA) is 94.2 Å². The Labute approximate surface area is 187 Å². The Morgan fingerprint density at radius 1 is 1.27 bits per heavy atom. The molecular formula is C22H21IN2O5. The van der Waals surface area contributed by atoms with Crippen LogP contribution in [0.5, 0.6) is 11.7 Å². The minimum atomic E-state index is -0.494. The number of carbonyl (C=O) groups excluding carboxylic acids is 1. The molecule has 0 aliphatic carbocycles. The number of unbranched alkanes of at least 4 members (excludes halogenated alkanes) is 1. The van der Waals surface area contributed by atoms with E-state index < -0.39 is 5.97 Å². The van der Waals surface area contributed by atoms with Gasteiger partial charge in [-0.1, -0.05) is 13.3 Å². The highest BCUT2D eigenvalue weighted by molar-refractivity contribution is 14.1. The quantitative estimate of drug-likeness (QED) is 0.186. The van der Waals surface area contributed by atoms with Crippen molar-refractivity contribution in [2.24, 2.45) is 4.99 Å². The average molecular weight is 520 g/mol. The van der Waals surface area contributed by atoms with E-state index in [-0.39, 0.29) is 17.5 Å². The van der Waals surface area contributed by atoms with Crippen molar-refractivity contribution in [1.29, 1.82) is 0 Å². The molecule has 0 saturated carbocycles. The van der Waals surface area contributed by atoms with Crippen LogP contribution < -0.4 is 4.74 Å². The second-order valence-electron chi connectivity index (χ2n) is 6.35. The molecule has 156 valence electrons. The first-order valence-corrected chi connectivity index (χ1v) is 10.4. The summed E-state index contributed by atoms with van der Waals surface area (Å²) >= 11 is 2.10. The first kappa shape index (κ1) is 21.8. The molecule has 0 amide bonds. The van der Waals surface area contributed by atoms with Crippen molar-refractivity contribution < 1.29 is 23.8 Å². The number of rotatable bonds is 8. The molecule has 1 heterocycles. The third-order valence-electron chi connectivity index (χ3n) is 4.19. The number of aromatic hydroxyl groups is 1. The van der Waals surface area contributed by atoms with E-state index in [1.807, 2.05) is 30.3 Å². The summed E-state index contributed by atoms with van der Waals surface area (Å²) < 4.78 is 16.7. The Morgan fingerprint density at radius 3 is 2.73 bits per heavy atom. The average Bonchev–Trinajstić information content (AvgIpc) is 3.13. The molecule has 0 fully saturated rings. The first-order valence-electron chi connectivity index (χ1n) is 9.36. The predicted molar refractivity (Wildman–Crippen MR) is 122 cm³/mol. The number of aromatic nitrogens is 1. The molecular weight excluding hydrogens is 499 g/mol. The Balaban J connectivity index is 1.79. The van der Waals surface area contributed by atoms with Gasteiger partial charge in [0.15, 0.2) is 5.69 Å². The van der Waals surface area contributed by atoms with Gasteiger partial charge in [-0.25, -0.2) is 9.78 Å². The van der Waals surface area contributed by atoms with Crippen molar-refractivity contribution in [2.75, 3.05) is 13.7 Å². The van der Waals surface area contributed by atoms with E-state index in [1.165, 1.54) is 13.3 Å². The van der Waals surface area contributed by atoms with Gasteiger partial charge in [-0.3, -0.25) is 4.99 Å². The number of ether oxygens (including phenoxy) is 2. The summed E-state index contributed by atoms with van der Waals surface area (Å²) in [4.78, 5) is 20.5. The third kappa shape index (κ3) is 5.38. The zero-order valence-electron chi connectivity index (χ0n) is 16.6. The lowest BCUT2D eigenvalue weighted by Gasteiger charge is -2.05. The summed E-state index contributed by atoms with van der Waals surface area (Å²) in [6.45, 7) is 2.78. The standard InChI is InChI=1S/C22H21IN2O5/c1-3-4-11-29-16-8-5-14(6-9-16)20-25-19(22(27)30-20)13-24-18-10-7-15(23)12-17(18)21(26)28-2/h5-10,12-13,27H,3-4,11H2,1-2H3. The molecule has 1 N–H and O–H groups in total. The highest BCUT2D eigenvalue weighted by atomic mass is 127. The van der Waals surface area contributed by atoms with E-state index in [9.17, 15) is 9.90 Å². The van der Waals surface area contributed by atoms with Gasteiger partial charge in [-0.05, 0) is 71.5 Å². The Bertz CT molecular complexity index is 1040. The number of hydrogen-bond acceptors (Lipinski definition) is 7. The highest BCUT2D eigenvalue weighted by Crippen LogP contribution is 2.28. The molecule has 3 aromatic rings. The van der Waals surface area contributed by atoms with Crippen LogP contribution in [0.2, 0.25) is 0 Å². The van der Waals surface area contributed by atoms with Gasteiger partial charge in [-0.15, -0.1) is 0 Å². The molecule has 0 spiro atoms. The number of halogens is 1. The van der Waals surface area contributed by atoms with Gasteiger partial charge in [0, 0.05) is 9.13 Å². The predicted octanol–water partition coefficient (Wildman–Crippen LogP) is 5.37. The van der Waals surface area contributed by atoms with Gasteiger partial charge in [0.1, 0.15) is 5.75 Å². The Kier molecular flexibility index (Phi) is 7.45. The van der Waals surface area contributed by atoms with Crippen LogP contribution in [0.4, 0.5) is 5.69 Å². The number of benzene rings is 2. The van der Waals surface area contributed by atoms with Crippen molar-refractivity contribution >= 4 is 40.5 Å². The van der Waals surface area contributed by atoms with Crippen molar-refractivity contribution in [2.45, 2.75) is 19.8 Å². The molecule has 0 unspecified atom stereocenters. The van der Waals surface area contributed by atoms with Crippen molar-refractivity contribution in [3.63, 3.8) is 0 Å². The fourth-order valence-corrected chi connectivity index (χ4v) is 3.08. The van der Waals surface area contributed by atoms with E-state index in [4.69, 9.17) is 13.9 Å². The normalized spacial score (nSPS) is 11.0. The van der Waals surface area contributed by atoms with Crippen molar-refractivity contribution in [1.82, 2.24) is 4.98 Å². The van der Waals surface area contributed by atoms with Gasteiger partial charge in [0.05, 0.1) is 31.2 Å². The largest absolute Gasteiger partial charge is 0.494 e. The summed E-state index contributed by atoms with van der Waals surface area (Å²) in [7, 11) is 1.31. The van der Waals surface area contributed by atoms with Crippen LogP contribution >= 0.6 is 22.6 Å². The van der Waals surface area contributed by atoms with Gasteiger partial charge in [0.2, 0.25) is 5.89 Å². The van der Waals surface area contributed by atoms with Gasteiger partial charge in [0.25, 0.3) is 0 Å². The molecule has 0 aliphatic heterocycles. The van der Waals surface area contributed by atoms with E-state index in [1.54, 1.807) is 12.1 Å². The monoisotopic (exact) mass is 520 g/mol. The van der Waals surface area contributed by atoms with Crippen LogP contribution in [0.15, 0.2) is 51.9 Å². The zero-order valence-corrected chi connectivity index (χ0v) is 18.8. The van der Waals surface area contributed by atoms with Crippen LogP contribution in [0, 0.1) is 3.57 Å². The minimum absolute atomic E-state index is 0.155. The van der Waals surface area contributed by atoms with Gasteiger partial charge >= 0.3 is 11.9 Å². The molecule has 2 aromatic carbocycles. The van der Waals surface area contributed by atoms with Crippen LogP contribution in [0.25, 0.3) is 11.5 Å². The van der Waals surface area contributed by atoms with Crippen LogP contribution in [-0.4, -0.2) is 36.0 Å². The summed E-state index contributed by atoms with van der Waals surface area (Å²) in [5.74, 6) is 0.165. The molecule has 1 aromatic heterocycles. The smallest absolute Gasteiger partial charge is 0.340 e. The van der Waals surface area contributed by atoms with E-state index in [0.29, 0.717) is 23.4 Å². The Hall–Kier alpha value is -2.88. The van der Waals surface area contributed by atoms with Crippen molar-refractivity contribution in [3.8, 4) is 23.1 Å². The van der Waals surface area contributed by atoms with Crippen LogP contribution in [0.1, 0.15) is 35.8 Å². The summed E-state index contributed by atoms with van der Waals surface area (Å²) in [6.07, 6.45) is 3.41. The molecule has 0 atom stereocenters. The maximum absolute atomic E-state index is 12.0. The fourth-order valence-electron chi connectivity index (χ4n) is 2.58. The number of esters is 1. The lowest BCUT2D eigenvalue weighted by molar-refractivity contribution is 0.0601. The molecule has 0 aliphatic rings. The highest BCUT2D eigenvalue weighted by Gasteiger charge is 2.15. The van der Waals surface area contributed by atoms with Crippen molar-refractivity contribution in [3.05, 3.63) is 57.3 Å². The molecule has 3 rings (SSSR count). The van der Waals surface area contributed by atoms with Gasteiger partial charge in [-0.2, -0.15) is 0 Å². The Morgan fingerprint density at radius 2 is 2.03 bits per heavy atom. The summed E-state index contributed by atoms with van der Waals surface area (Å²) in [5.41, 5.74) is 1.57. The maximum Gasteiger partial charge on any atom is 0.340 e. The summed E-state index contributed by atoms with van der Waals surface area (Å²) in [5, 5.41) is 10.1. The van der Waals surface area contributed by atoms with Gasteiger partial charge < -0.3 is 19.0 Å². The summed E-state index contributed by atoms with van der Waals surface area (Å²) in [6, 6.07) is 12.5. The molecule has 0 bridgehead atoms. The number of nitrogens with zero attached hydrogens (tertiary/aromatic N) is 2. The number of oxazole rings is 1. The van der Waals surface area contributed by atoms with Crippen LogP contribution in [0.3, 0.4) is 0 Å². The second-order valence-corrected chi connectivity index (χ2v) is 7.59. The molecule has 8 heteroatoms.